The van der Waals surface area contributed by atoms with Crippen LogP contribution in [0, 0.1) is 5.92 Å². The van der Waals surface area contributed by atoms with Gasteiger partial charge in [0, 0.05) is 26.1 Å². The van der Waals surface area contributed by atoms with Gasteiger partial charge in [0.1, 0.15) is 0 Å². The van der Waals surface area contributed by atoms with Gasteiger partial charge in [-0.2, -0.15) is 0 Å². The Kier molecular flexibility index (Phi) is 4.98. The van der Waals surface area contributed by atoms with Gasteiger partial charge >= 0.3 is 0 Å². The van der Waals surface area contributed by atoms with Gasteiger partial charge in [-0.3, -0.25) is 9.59 Å². The molecule has 122 valence electrons. The van der Waals surface area contributed by atoms with Crippen molar-refractivity contribution >= 4 is 29.1 Å². The second-order valence-corrected chi connectivity index (χ2v) is 6.30. The van der Waals surface area contributed by atoms with E-state index in [-0.39, 0.29) is 24.2 Å². The van der Waals surface area contributed by atoms with Crippen molar-refractivity contribution in [2.24, 2.45) is 5.92 Å². The molecule has 5 nitrogen and oxygen atoms in total. The Bertz CT molecular complexity index is 644. The SMILES string of the molecule is O=C(NCC1=CCNCC1)C1CC(=O)N(c2ccccc2Cl)C1. The monoisotopic (exact) mass is 333 g/mol. The lowest BCUT2D eigenvalue weighted by Crippen LogP contribution is -2.35. The molecule has 0 bridgehead atoms. The lowest BCUT2D eigenvalue weighted by atomic mass is 10.1. The Hall–Kier alpha value is -1.85. The fourth-order valence-corrected chi connectivity index (χ4v) is 3.20. The van der Waals surface area contributed by atoms with Gasteiger partial charge in [-0.15, -0.1) is 0 Å². The third-order valence-corrected chi connectivity index (χ3v) is 4.61. The molecule has 2 N–H and O–H groups in total. The Morgan fingerprint density at radius 1 is 1.39 bits per heavy atom. The number of amides is 2. The normalized spacial score (nSPS) is 21.3. The van der Waals surface area contributed by atoms with E-state index < -0.39 is 0 Å². The van der Waals surface area contributed by atoms with Crippen LogP contribution >= 0.6 is 11.6 Å². The maximum Gasteiger partial charge on any atom is 0.227 e. The molecule has 1 aromatic rings. The Morgan fingerprint density at radius 3 is 2.96 bits per heavy atom. The van der Waals surface area contributed by atoms with Gasteiger partial charge in [0.25, 0.3) is 0 Å². The largest absolute Gasteiger partial charge is 0.352 e. The molecule has 2 aliphatic heterocycles. The van der Waals surface area contributed by atoms with Crippen molar-refractivity contribution in [2.45, 2.75) is 12.8 Å². The molecular weight excluding hydrogens is 314 g/mol. The number of para-hydroxylation sites is 1. The lowest BCUT2D eigenvalue weighted by Gasteiger charge is -2.18. The number of nitrogens with zero attached hydrogens (tertiary/aromatic N) is 1. The smallest absolute Gasteiger partial charge is 0.227 e. The van der Waals surface area contributed by atoms with Crippen molar-refractivity contribution in [1.29, 1.82) is 0 Å². The quantitative estimate of drug-likeness (QED) is 0.825. The zero-order valence-electron chi connectivity index (χ0n) is 12.8. The number of benzene rings is 1. The molecule has 0 saturated carbocycles. The van der Waals surface area contributed by atoms with Crippen LogP contribution in [0.5, 0.6) is 0 Å². The van der Waals surface area contributed by atoms with Crippen molar-refractivity contribution < 1.29 is 9.59 Å². The fourth-order valence-electron chi connectivity index (χ4n) is 2.96. The van der Waals surface area contributed by atoms with E-state index in [1.165, 1.54) is 5.57 Å². The van der Waals surface area contributed by atoms with Gasteiger partial charge in [-0.1, -0.05) is 35.4 Å². The minimum atomic E-state index is -0.318. The number of hydrogen-bond donors (Lipinski definition) is 2. The molecule has 0 aromatic heterocycles. The second kappa shape index (κ2) is 7.15. The van der Waals surface area contributed by atoms with Crippen LogP contribution in [0.2, 0.25) is 5.02 Å². The molecule has 2 heterocycles. The summed E-state index contributed by atoms with van der Waals surface area (Å²) < 4.78 is 0. The maximum atomic E-state index is 12.3. The van der Waals surface area contributed by atoms with Crippen LogP contribution in [0.25, 0.3) is 0 Å². The van der Waals surface area contributed by atoms with E-state index in [0.717, 1.165) is 19.5 Å². The van der Waals surface area contributed by atoms with Crippen LogP contribution in [-0.4, -0.2) is 38.0 Å². The molecule has 1 saturated heterocycles. The minimum Gasteiger partial charge on any atom is -0.352 e. The summed E-state index contributed by atoms with van der Waals surface area (Å²) >= 11 is 6.15. The summed E-state index contributed by atoms with van der Waals surface area (Å²) in [5, 5.41) is 6.72. The molecule has 0 aliphatic carbocycles. The molecule has 0 spiro atoms. The molecular formula is C17H20ClN3O2. The fraction of sp³-hybridized carbons (Fsp3) is 0.412. The second-order valence-electron chi connectivity index (χ2n) is 5.89. The van der Waals surface area contributed by atoms with Crippen LogP contribution in [0.1, 0.15) is 12.8 Å². The predicted octanol–water partition coefficient (Wildman–Crippen LogP) is 1.73. The van der Waals surface area contributed by atoms with Crippen molar-refractivity contribution in [3.63, 3.8) is 0 Å². The molecule has 1 unspecified atom stereocenters. The highest BCUT2D eigenvalue weighted by Crippen LogP contribution is 2.30. The summed E-state index contributed by atoms with van der Waals surface area (Å²) in [6.07, 6.45) is 3.30. The predicted molar refractivity (Wildman–Crippen MR) is 90.5 cm³/mol. The molecule has 6 heteroatoms. The van der Waals surface area contributed by atoms with Crippen molar-refractivity contribution in [3.8, 4) is 0 Å². The molecule has 3 rings (SSSR count). The molecule has 0 radical (unpaired) electrons. The zero-order valence-corrected chi connectivity index (χ0v) is 13.6. The van der Waals surface area contributed by atoms with Crippen LogP contribution < -0.4 is 15.5 Å². The highest BCUT2D eigenvalue weighted by Gasteiger charge is 2.35. The van der Waals surface area contributed by atoms with Crippen LogP contribution in [-0.2, 0) is 9.59 Å². The molecule has 1 atom stereocenters. The summed E-state index contributed by atoms with van der Waals surface area (Å²) in [4.78, 5) is 26.2. The van der Waals surface area contributed by atoms with E-state index in [4.69, 9.17) is 11.6 Å². The van der Waals surface area contributed by atoms with E-state index in [1.54, 1.807) is 17.0 Å². The Morgan fingerprint density at radius 2 is 2.22 bits per heavy atom. The number of halogens is 1. The molecule has 1 fully saturated rings. The molecule has 23 heavy (non-hydrogen) atoms. The first-order valence-corrected chi connectivity index (χ1v) is 8.24. The van der Waals surface area contributed by atoms with Gasteiger partial charge in [0.05, 0.1) is 16.6 Å². The summed E-state index contributed by atoms with van der Waals surface area (Å²) in [5.74, 6) is -0.437. The van der Waals surface area contributed by atoms with Crippen LogP contribution in [0.3, 0.4) is 0 Å². The van der Waals surface area contributed by atoms with E-state index in [0.29, 0.717) is 23.8 Å². The zero-order chi connectivity index (χ0) is 16.2. The third kappa shape index (κ3) is 3.74. The van der Waals surface area contributed by atoms with Gasteiger partial charge in [0.15, 0.2) is 0 Å². The van der Waals surface area contributed by atoms with Gasteiger partial charge in [0.2, 0.25) is 11.8 Å². The van der Waals surface area contributed by atoms with Crippen LogP contribution in [0.15, 0.2) is 35.9 Å². The van der Waals surface area contributed by atoms with Gasteiger partial charge < -0.3 is 15.5 Å². The third-order valence-electron chi connectivity index (χ3n) is 4.29. The van der Waals surface area contributed by atoms with E-state index in [1.807, 2.05) is 12.1 Å². The number of anilines is 1. The molecule has 2 aliphatic rings. The van der Waals surface area contributed by atoms with Gasteiger partial charge in [-0.25, -0.2) is 0 Å². The average molecular weight is 334 g/mol. The van der Waals surface area contributed by atoms with Crippen LogP contribution in [0.4, 0.5) is 5.69 Å². The Labute approximate surface area is 140 Å². The average Bonchev–Trinajstić information content (AvgIpc) is 2.96. The number of hydrogen-bond acceptors (Lipinski definition) is 3. The standard InChI is InChI=1S/C17H20ClN3O2/c18-14-3-1-2-4-15(14)21-11-13(9-16(21)22)17(23)20-10-12-5-7-19-8-6-12/h1-5,13,19H,6-11H2,(H,20,23). The topological polar surface area (TPSA) is 61.4 Å². The maximum absolute atomic E-state index is 12.3. The molecule has 2 amide bonds. The first-order valence-electron chi connectivity index (χ1n) is 7.86. The summed E-state index contributed by atoms with van der Waals surface area (Å²) in [6.45, 7) is 2.75. The summed E-state index contributed by atoms with van der Waals surface area (Å²) in [5.41, 5.74) is 1.92. The summed E-state index contributed by atoms with van der Waals surface area (Å²) in [7, 11) is 0. The van der Waals surface area contributed by atoms with E-state index in [2.05, 4.69) is 16.7 Å². The highest BCUT2D eigenvalue weighted by atomic mass is 35.5. The first kappa shape index (κ1) is 16.0. The van der Waals surface area contributed by atoms with E-state index >= 15 is 0 Å². The van der Waals surface area contributed by atoms with Gasteiger partial charge in [-0.05, 0) is 25.1 Å². The highest BCUT2D eigenvalue weighted by molar-refractivity contribution is 6.33. The molecule has 1 aromatic carbocycles. The number of rotatable bonds is 4. The van der Waals surface area contributed by atoms with Crippen molar-refractivity contribution in [3.05, 3.63) is 40.9 Å². The lowest BCUT2D eigenvalue weighted by molar-refractivity contribution is -0.126. The van der Waals surface area contributed by atoms with Crippen molar-refractivity contribution in [2.75, 3.05) is 31.1 Å². The first-order chi connectivity index (χ1) is 11.1. The summed E-state index contributed by atoms with van der Waals surface area (Å²) in [6, 6.07) is 7.22. The van der Waals surface area contributed by atoms with Crippen molar-refractivity contribution in [1.82, 2.24) is 10.6 Å². The number of carbonyl (C=O) groups excluding carboxylic acids is 2. The van der Waals surface area contributed by atoms with E-state index in [9.17, 15) is 9.59 Å². The number of carbonyl (C=O) groups is 2. The minimum absolute atomic E-state index is 0.0562. The Balaban J connectivity index is 1.59. The number of nitrogens with one attached hydrogen (secondary N) is 2.